The van der Waals surface area contributed by atoms with E-state index in [0.29, 0.717) is 16.9 Å². The molecule has 2 aromatic carbocycles. The Morgan fingerprint density at radius 2 is 1.79 bits per heavy atom. The van der Waals surface area contributed by atoms with Gasteiger partial charge in [-0.1, -0.05) is 18.2 Å². The number of phenolic OH excluding ortho intramolecular Hbond substituents is 1. The molecule has 1 amide bonds. The summed E-state index contributed by atoms with van der Waals surface area (Å²) in [6.45, 7) is 3.82. The molecule has 0 bridgehead atoms. The lowest BCUT2D eigenvalue weighted by molar-refractivity contribution is 0.0944. The molecule has 0 saturated heterocycles. The van der Waals surface area contributed by atoms with Crippen LogP contribution in [0.4, 0.5) is 0 Å². The second-order valence-corrected chi connectivity index (χ2v) is 6.99. The van der Waals surface area contributed by atoms with Crippen molar-refractivity contribution in [1.29, 1.82) is 0 Å². The average molecular weight is 373 g/mol. The van der Waals surface area contributed by atoms with Crippen molar-refractivity contribution >= 4 is 16.9 Å². The number of hydrogen-bond donors (Lipinski definition) is 2. The highest BCUT2D eigenvalue weighted by atomic mass is 16.3. The summed E-state index contributed by atoms with van der Waals surface area (Å²) in [5, 5.41) is 13.5. The van der Waals surface area contributed by atoms with Crippen molar-refractivity contribution in [2.75, 3.05) is 0 Å². The summed E-state index contributed by atoms with van der Waals surface area (Å²) < 4.78 is 5.87. The molecular formula is C23H19NO4. The maximum absolute atomic E-state index is 12.8. The number of aromatic hydroxyl groups is 1. The Labute approximate surface area is 161 Å². The summed E-state index contributed by atoms with van der Waals surface area (Å²) in [6.07, 6.45) is 0. The number of phenols is 1. The van der Waals surface area contributed by atoms with Gasteiger partial charge in [0.1, 0.15) is 17.1 Å². The first kappa shape index (κ1) is 17.8. The molecule has 0 atom stereocenters. The van der Waals surface area contributed by atoms with Crippen LogP contribution in [0.5, 0.6) is 5.75 Å². The highest BCUT2D eigenvalue weighted by Gasteiger charge is 2.21. The van der Waals surface area contributed by atoms with E-state index >= 15 is 0 Å². The lowest BCUT2D eigenvalue weighted by atomic mass is 9.90. The van der Waals surface area contributed by atoms with Gasteiger partial charge in [0.05, 0.1) is 0 Å². The topological polar surface area (TPSA) is 79.5 Å². The molecule has 2 aromatic rings. The minimum absolute atomic E-state index is 0.000198. The standard InChI is InChI=1S/C23H19NO4/c1-13(2)24-23(27)17-6-4-3-5-16(17)22-18-9-7-14(25)11-20(18)28-21-12-15(26)8-10-19(21)22/h3-13,25H,1-2H3,(H,24,27). The normalized spacial score (nSPS) is 11.2. The van der Waals surface area contributed by atoms with Gasteiger partial charge in [0.2, 0.25) is 0 Å². The van der Waals surface area contributed by atoms with Crippen molar-refractivity contribution in [1.82, 2.24) is 5.32 Å². The number of carbonyl (C=O) groups is 1. The molecule has 28 heavy (non-hydrogen) atoms. The maximum Gasteiger partial charge on any atom is 0.252 e. The first-order valence-electron chi connectivity index (χ1n) is 9.04. The van der Waals surface area contributed by atoms with E-state index in [1.807, 2.05) is 32.0 Å². The Morgan fingerprint density at radius 1 is 1.00 bits per heavy atom. The SMILES string of the molecule is CC(C)NC(=O)c1ccccc1-c1c2ccc(=O)cc-2oc2cc(O)ccc12. The molecule has 0 aromatic heterocycles. The molecule has 1 aliphatic heterocycles. The molecular weight excluding hydrogens is 354 g/mol. The molecule has 0 saturated carbocycles. The predicted molar refractivity (Wildman–Crippen MR) is 109 cm³/mol. The van der Waals surface area contributed by atoms with Gasteiger partial charge in [-0.25, -0.2) is 0 Å². The fourth-order valence-corrected chi connectivity index (χ4v) is 3.39. The number of fused-ring (bicyclic) bond motifs is 2. The van der Waals surface area contributed by atoms with Crippen LogP contribution in [0.2, 0.25) is 0 Å². The molecule has 5 nitrogen and oxygen atoms in total. The first-order chi connectivity index (χ1) is 13.4. The van der Waals surface area contributed by atoms with Crippen LogP contribution in [0, 0.1) is 0 Å². The zero-order valence-electron chi connectivity index (χ0n) is 15.5. The lowest BCUT2D eigenvalue weighted by Crippen LogP contribution is -2.30. The van der Waals surface area contributed by atoms with E-state index in [1.165, 1.54) is 18.2 Å². The summed E-state index contributed by atoms with van der Waals surface area (Å²) in [5.41, 5.74) is 3.04. The van der Waals surface area contributed by atoms with Gasteiger partial charge in [0, 0.05) is 40.3 Å². The van der Waals surface area contributed by atoms with Crippen LogP contribution in [0.1, 0.15) is 24.2 Å². The minimum atomic E-state index is -0.174. The molecule has 140 valence electrons. The van der Waals surface area contributed by atoms with Gasteiger partial charge < -0.3 is 14.8 Å². The van der Waals surface area contributed by atoms with Crippen molar-refractivity contribution in [3.05, 3.63) is 76.5 Å². The monoisotopic (exact) mass is 373 g/mol. The summed E-state index contributed by atoms with van der Waals surface area (Å²) >= 11 is 0. The molecule has 0 radical (unpaired) electrons. The van der Waals surface area contributed by atoms with Gasteiger partial charge in [-0.05, 0) is 49.7 Å². The molecule has 0 unspecified atom stereocenters. The minimum Gasteiger partial charge on any atom is -0.508 e. The Morgan fingerprint density at radius 3 is 2.57 bits per heavy atom. The van der Waals surface area contributed by atoms with Crippen LogP contribution in [-0.2, 0) is 0 Å². The number of benzene rings is 3. The fraction of sp³-hybridized carbons (Fsp3) is 0.130. The second-order valence-electron chi connectivity index (χ2n) is 6.99. The van der Waals surface area contributed by atoms with E-state index in [0.717, 1.165) is 22.1 Å². The Balaban J connectivity index is 2.09. The van der Waals surface area contributed by atoms with E-state index in [1.54, 1.807) is 24.3 Å². The number of amides is 1. The van der Waals surface area contributed by atoms with Crippen molar-refractivity contribution < 1.29 is 14.3 Å². The van der Waals surface area contributed by atoms with Gasteiger partial charge in [0.25, 0.3) is 5.91 Å². The van der Waals surface area contributed by atoms with Crippen LogP contribution in [0.15, 0.2) is 69.9 Å². The molecule has 0 spiro atoms. The molecule has 2 aliphatic rings. The molecule has 0 fully saturated rings. The van der Waals surface area contributed by atoms with E-state index < -0.39 is 0 Å². The number of rotatable bonds is 3. The quantitative estimate of drug-likeness (QED) is 0.522. The van der Waals surface area contributed by atoms with Crippen LogP contribution < -0.4 is 10.7 Å². The Bertz CT molecular complexity index is 1220. The van der Waals surface area contributed by atoms with Crippen molar-refractivity contribution in [3.8, 4) is 28.2 Å². The smallest absolute Gasteiger partial charge is 0.252 e. The highest BCUT2D eigenvalue weighted by Crippen LogP contribution is 2.41. The molecule has 5 heteroatoms. The summed E-state index contributed by atoms with van der Waals surface area (Å²) in [4.78, 5) is 24.7. The van der Waals surface area contributed by atoms with Gasteiger partial charge in [-0.2, -0.15) is 0 Å². The third kappa shape index (κ3) is 3.11. The van der Waals surface area contributed by atoms with Gasteiger partial charge in [-0.3, -0.25) is 9.59 Å². The van der Waals surface area contributed by atoms with Gasteiger partial charge in [0.15, 0.2) is 5.43 Å². The summed E-state index contributed by atoms with van der Waals surface area (Å²) in [6, 6.07) is 16.8. The second kappa shape index (κ2) is 6.85. The molecule has 2 N–H and O–H groups in total. The van der Waals surface area contributed by atoms with E-state index in [2.05, 4.69) is 5.32 Å². The molecule has 1 aliphatic carbocycles. The first-order valence-corrected chi connectivity index (χ1v) is 9.04. The Kier molecular flexibility index (Phi) is 4.35. The zero-order chi connectivity index (χ0) is 19.8. The maximum atomic E-state index is 12.8. The predicted octanol–water partition coefficient (Wildman–Crippen LogP) is 4.41. The van der Waals surface area contributed by atoms with E-state index in [9.17, 15) is 14.7 Å². The van der Waals surface area contributed by atoms with Crippen LogP contribution in [0.25, 0.3) is 33.4 Å². The molecule has 4 rings (SSSR count). The Hall–Kier alpha value is -3.60. The van der Waals surface area contributed by atoms with Crippen molar-refractivity contribution in [3.63, 3.8) is 0 Å². The fourth-order valence-electron chi connectivity index (χ4n) is 3.39. The average Bonchev–Trinajstić information content (AvgIpc) is 2.65. The number of carbonyl (C=O) groups excluding carboxylic acids is 1. The zero-order valence-corrected chi connectivity index (χ0v) is 15.5. The highest BCUT2D eigenvalue weighted by molar-refractivity contribution is 6.09. The van der Waals surface area contributed by atoms with Crippen molar-refractivity contribution in [2.24, 2.45) is 0 Å². The lowest BCUT2D eigenvalue weighted by Gasteiger charge is -2.18. The van der Waals surface area contributed by atoms with Crippen LogP contribution >= 0.6 is 0 Å². The van der Waals surface area contributed by atoms with Crippen LogP contribution in [0.3, 0.4) is 0 Å². The number of hydrogen-bond acceptors (Lipinski definition) is 4. The van der Waals surface area contributed by atoms with Gasteiger partial charge >= 0.3 is 0 Å². The van der Waals surface area contributed by atoms with Crippen LogP contribution in [-0.4, -0.2) is 17.1 Å². The van der Waals surface area contributed by atoms with Crippen molar-refractivity contribution in [2.45, 2.75) is 19.9 Å². The summed E-state index contributed by atoms with van der Waals surface area (Å²) in [5.74, 6) is 0.289. The third-order valence-corrected chi connectivity index (χ3v) is 4.54. The third-order valence-electron chi connectivity index (χ3n) is 4.54. The number of nitrogens with one attached hydrogen (secondary N) is 1. The molecule has 1 heterocycles. The summed E-state index contributed by atoms with van der Waals surface area (Å²) in [7, 11) is 0. The van der Waals surface area contributed by atoms with Gasteiger partial charge in [-0.15, -0.1) is 0 Å². The largest absolute Gasteiger partial charge is 0.508 e. The van der Waals surface area contributed by atoms with E-state index in [-0.39, 0.29) is 23.1 Å². The van der Waals surface area contributed by atoms with E-state index in [4.69, 9.17) is 4.42 Å².